The van der Waals surface area contributed by atoms with Crippen molar-refractivity contribution in [1.29, 1.82) is 0 Å². The van der Waals surface area contributed by atoms with Crippen LogP contribution in [0.2, 0.25) is 0 Å². The molecule has 0 aromatic rings. The van der Waals surface area contributed by atoms with E-state index < -0.39 is 0 Å². The smallest absolute Gasteiger partial charge is 0.222 e. The Bertz CT molecular complexity index is 242. The molecule has 0 aliphatic carbocycles. The van der Waals surface area contributed by atoms with Crippen LogP contribution in [-0.2, 0) is 4.79 Å². The van der Waals surface area contributed by atoms with Crippen LogP contribution in [-0.4, -0.2) is 36.5 Å². The number of nitrogens with one attached hydrogen (secondary N) is 1. The minimum Gasteiger partial charge on any atom is -0.339 e. The van der Waals surface area contributed by atoms with Gasteiger partial charge in [0.05, 0.1) is 0 Å². The van der Waals surface area contributed by atoms with E-state index in [-0.39, 0.29) is 0 Å². The predicted molar refractivity (Wildman–Crippen MR) is 60.5 cm³/mol. The molecule has 0 aromatic heterocycles. The number of hydrogen-bond donors (Lipinski definition) is 1. The summed E-state index contributed by atoms with van der Waals surface area (Å²) in [5.41, 5.74) is 0. The number of carbonyl (C=O) groups excluding carboxylic acids is 1. The van der Waals surface area contributed by atoms with Gasteiger partial charge in [-0.2, -0.15) is 0 Å². The number of carbonyl (C=O) groups is 1. The maximum atomic E-state index is 12.0. The van der Waals surface area contributed by atoms with Crippen LogP contribution in [0.5, 0.6) is 0 Å². The lowest BCUT2D eigenvalue weighted by Crippen LogP contribution is -2.37. The van der Waals surface area contributed by atoms with Crippen molar-refractivity contribution in [3.63, 3.8) is 0 Å². The summed E-state index contributed by atoms with van der Waals surface area (Å²) in [5, 5.41) is 3.42. The van der Waals surface area contributed by atoms with E-state index in [1.807, 2.05) is 0 Å². The molecule has 3 atom stereocenters. The molecule has 2 heterocycles. The second-order valence-electron chi connectivity index (χ2n) is 4.97. The Labute approximate surface area is 92.2 Å². The molecule has 0 bridgehead atoms. The number of hydrogen-bond acceptors (Lipinski definition) is 2. The summed E-state index contributed by atoms with van der Waals surface area (Å²) < 4.78 is 0. The molecule has 0 spiro atoms. The number of rotatable bonds is 3. The first kappa shape index (κ1) is 10.9. The third-order valence-electron chi connectivity index (χ3n) is 4.00. The average Bonchev–Trinajstić information content (AvgIpc) is 2.78. The predicted octanol–water partition coefficient (Wildman–Crippen LogP) is 1.24. The second-order valence-corrected chi connectivity index (χ2v) is 4.97. The number of fused-ring (bicyclic) bond motifs is 1. The monoisotopic (exact) mass is 210 g/mol. The van der Waals surface area contributed by atoms with Crippen LogP contribution >= 0.6 is 0 Å². The summed E-state index contributed by atoms with van der Waals surface area (Å²) in [5.74, 6) is 1.79. The van der Waals surface area contributed by atoms with E-state index >= 15 is 0 Å². The van der Waals surface area contributed by atoms with E-state index in [9.17, 15) is 4.79 Å². The zero-order valence-corrected chi connectivity index (χ0v) is 9.83. The fourth-order valence-corrected chi connectivity index (χ4v) is 2.97. The third kappa shape index (κ3) is 2.03. The molecule has 1 amide bonds. The van der Waals surface area contributed by atoms with Gasteiger partial charge < -0.3 is 10.2 Å². The zero-order chi connectivity index (χ0) is 10.8. The minimum absolute atomic E-state index is 0.374. The van der Waals surface area contributed by atoms with E-state index in [1.54, 1.807) is 0 Å². The first-order valence-corrected chi connectivity index (χ1v) is 6.24. The average molecular weight is 210 g/mol. The molecule has 1 N–H and O–H groups in total. The lowest BCUT2D eigenvalue weighted by Gasteiger charge is -2.24. The molecule has 3 unspecified atom stereocenters. The van der Waals surface area contributed by atoms with Gasteiger partial charge in [0.1, 0.15) is 0 Å². The Hall–Kier alpha value is -0.570. The van der Waals surface area contributed by atoms with E-state index in [0.29, 0.717) is 23.8 Å². The lowest BCUT2D eigenvalue weighted by molar-refractivity contribution is -0.132. The van der Waals surface area contributed by atoms with Crippen molar-refractivity contribution >= 4 is 5.91 Å². The molecule has 2 saturated heterocycles. The van der Waals surface area contributed by atoms with E-state index in [0.717, 1.165) is 38.9 Å². The Morgan fingerprint density at radius 1 is 1.47 bits per heavy atom. The van der Waals surface area contributed by atoms with Crippen LogP contribution in [0.15, 0.2) is 0 Å². The Kier molecular flexibility index (Phi) is 3.29. The molecule has 2 rings (SSSR count). The SMILES string of the molecule is CCCCC(=O)N1CC2CNCC2C1C. The molecule has 3 heteroatoms. The van der Waals surface area contributed by atoms with Crippen molar-refractivity contribution in [2.45, 2.75) is 39.2 Å². The fraction of sp³-hybridized carbons (Fsp3) is 0.917. The highest BCUT2D eigenvalue weighted by atomic mass is 16.2. The standard InChI is InChI=1S/C12H22N2O/c1-3-4-5-12(15)14-8-10-6-13-7-11(10)9(14)2/h9-11,13H,3-8H2,1-2H3. The van der Waals surface area contributed by atoms with Crippen molar-refractivity contribution in [1.82, 2.24) is 10.2 Å². The maximum Gasteiger partial charge on any atom is 0.222 e. The molecule has 86 valence electrons. The Morgan fingerprint density at radius 3 is 2.93 bits per heavy atom. The quantitative estimate of drug-likeness (QED) is 0.760. The molecule has 2 aliphatic heterocycles. The number of likely N-dealkylation sites (tertiary alicyclic amines) is 1. The summed E-state index contributed by atoms with van der Waals surface area (Å²) in [6.07, 6.45) is 2.89. The summed E-state index contributed by atoms with van der Waals surface area (Å²) >= 11 is 0. The molecular formula is C12H22N2O. The Morgan fingerprint density at radius 2 is 2.27 bits per heavy atom. The van der Waals surface area contributed by atoms with Crippen molar-refractivity contribution in [2.75, 3.05) is 19.6 Å². The van der Waals surface area contributed by atoms with Crippen LogP contribution in [0.3, 0.4) is 0 Å². The molecule has 0 saturated carbocycles. The first-order chi connectivity index (χ1) is 7.24. The molecule has 0 aromatic carbocycles. The summed E-state index contributed by atoms with van der Waals surface area (Å²) in [7, 11) is 0. The van der Waals surface area contributed by atoms with Gasteiger partial charge in [0, 0.05) is 32.1 Å². The largest absolute Gasteiger partial charge is 0.339 e. The first-order valence-electron chi connectivity index (χ1n) is 6.24. The Balaban J connectivity index is 1.91. The summed E-state index contributed by atoms with van der Waals surface area (Å²) in [4.78, 5) is 14.1. The van der Waals surface area contributed by atoms with Crippen LogP contribution in [0, 0.1) is 11.8 Å². The van der Waals surface area contributed by atoms with Gasteiger partial charge >= 0.3 is 0 Å². The molecule has 2 aliphatic rings. The van der Waals surface area contributed by atoms with Gasteiger partial charge in [0.2, 0.25) is 5.91 Å². The van der Waals surface area contributed by atoms with Gasteiger partial charge in [-0.3, -0.25) is 4.79 Å². The molecule has 0 radical (unpaired) electrons. The molecule has 3 nitrogen and oxygen atoms in total. The highest BCUT2D eigenvalue weighted by molar-refractivity contribution is 5.76. The van der Waals surface area contributed by atoms with Gasteiger partial charge in [-0.15, -0.1) is 0 Å². The van der Waals surface area contributed by atoms with Crippen molar-refractivity contribution in [3.05, 3.63) is 0 Å². The van der Waals surface area contributed by atoms with E-state index in [4.69, 9.17) is 0 Å². The van der Waals surface area contributed by atoms with Gasteiger partial charge in [-0.25, -0.2) is 0 Å². The van der Waals surface area contributed by atoms with E-state index in [1.165, 1.54) is 0 Å². The fourth-order valence-electron chi connectivity index (χ4n) is 2.97. The topological polar surface area (TPSA) is 32.3 Å². The summed E-state index contributed by atoms with van der Waals surface area (Å²) in [6.45, 7) is 7.54. The van der Waals surface area contributed by atoms with Crippen molar-refractivity contribution in [2.24, 2.45) is 11.8 Å². The van der Waals surface area contributed by atoms with Gasteiger partial charge in [0.15, 0.2) is 0 Å². The van der Waals surface area contributed by atoms with Gasteiger partial charge in [-0.1, -0.05) is 13.3 Å². The van der Waals surface area contributed by atoms with Gasteiger partial charge in [-0.05, 0) is 25.2 Å². The lowest BCUT2D eigenvalue weighted by atomic mass is 9.95. The highest BCUT2D eigenvalue weighted by Crippen LogP contribution is 2.32. The van der Waals surface area contributed by atoms with Gasteiger partial charge in [0.25, 0.3) is 0 Å². The van der Waals surface area contributed by atoms with Crippen LogP contribution in [0.1, 0.15) is 33.1 Å². The number of nitrogens with zero attached hydrogens (tertiary/aromatic N) is 1. The minimum atomic E-state index is 0.374. The van der Waals surface area contributed by atoms with Crippen molar-refractivity contribution < 1.29 is 4.79 Å². The molecular weight excluding hydrogens is 188 g/mol. The molecule has 2 fully saturated rings. The van der Waals surface area contributed by atoms with Crippen LogP contribution in [0.4, 0.5) is 0 Å². The van der Waals surface area contributed by atoms with Crippen LogP contribution in [0.25, 0.3) is 0 Å². The van der Waals surface area contributed by atoms with Crippen LogP contribution < -0.4 is 5.32 Å². The number of amides is 1. The third-order valence-corrected chi connectivity index (χ3v) is 4.00. The van der Waals surface area contributed by atoms with E-state index in [2.05, 4.69) is 24.1 Å². The normalized spacial score (nSPS) is 34.5. The van der Waals surface area contributed by atoms with Crippen molar-refractivity contribution in [3.8, 4) is 0 Å². The number of unbranched alkanes of at least 4 members (excludes halogenated alkanes) is 1. The maximum absolute atomic E-state index is 12.0. The highest BCUT2D eigenvalue weighted by Gasteiger charge is 2.43. The summed E-state index contributed by atoms with van der Waals surface area (Å²) in [6, 6.07) is 0.453. The molecule has 15 heavy (non-hydrogen) atoms. The zero-order valence-electron chi connectivity index (χ0n) is 9.83. The second kappa shape index (κ2) is 4.52.